The van der Waals surface area contributed by atoms with Gasteiger partial charge in [-0.05, 0) is 37.6 Å². The molecule has 150 valence electrons. The summed E-state index contributed by atoms with van der Waals surface area (Å²) in [6.45, 7) is 11.8. The number of carbonyl (C=O) groups excluding carboxylic acids is 1. The minimum atomic E-state index is 0. The summed E-state index contributed by atoms with van der Waals surface area (Å²) in [7, 11) is 0. The molecule has 0 atom stereocenters. The summed E-state index contributed by atoms with van der Waals surface area (Å²) >= 11 is 0. The van der Waals surface area contributed by atoms with Gasteiger partial charge in [0.2, 0.25) is 5.91 Å². The zero-order valence-corrected chi connectivity index (χ0v) is 17.6. The second kappa shape index (κ2) is 14.1. The lowest BCUT2D eigenvalue weighted by Gasteiger charge is -2.36. The van der Waals surface area contributed by atoms with Crippen molar-refractivity contribution in [3.05, 3.63) is 29.8 Å². The number of anilines is 1. The Kier molecular flexibility index (Phi) is 13.6. The average molecular weight is 405 g/mol. The molecule has 1 amide bonds. The molecule has 2 N–H and O–H groups in total. The number of hydrogen-bond acceptors (Lipinski definition) is 4. The first-order chi connectivity index (χ1) is 11.7. The summed E-state index contributed by atoms with van der Waals surface area (Å²) in [5.41, 5.74) is 2.62. The van der Waals surface area contributed by atoms with Crippen molar-refractivity contribution in [2.45, 2.75) is 26.7 Å². The van der Waals surface area contributed by atoms with Gasteiger partial charge in [-0.3, -0.25) is 9.69 Å². The van der Waals surface area contributed by atoms with Crippen molar-refractivity contribution in [3.63, 3.8) is 0 Å². The molecule has 0 spiro atoms. The monoisotopic (exact) mass is 404 g/mol. The van der Waals surface area contributed by atoms with Crippen LogP contribution in [0.5, 0.6) is 0 Å². The highest BCUT2D eigenvalue weighted by Gasteiger charge is 2.17. The molecular formula is C19H34Cl2N4O. The van der Waals surface area contributed by atoms with E-state index in [9.17, 15) is 4.79 Å². The molecule has 1 heterocycles. The number of rotatable bonds is 9. The summed E-state index contributed by atoms with van der Waals surface area (Å²) in [5.74, 6) is 0.161. The molecular weight excluding hydrogens is 371 g/mol. The van der Waals surface area contributed by atoms with Crippen molar-refractivity contribution < 1.29 is 4.79 Å². The van der Waals surface area contributed by atoms with Crippen LogP contribution in [0.4, 0.5) is 5.69 Å². The van der Waals surface area contributed by atoms with E-state index in [-0.39, 0.29) is 30.7 Å². The Balaban J connectivity index is 0.00000312. The van der Waals surface area contributed by atoms with Crippen LogP contribution in [0.1, 0.15) is 25.3 Å². The Hall–Kier alpha value is -1.01. The van der Waals surface area contributed by atoms with Gasteiger partial charge in [0.25, 0.3) is 0 Å². The fraction of sp³-hybridized carbons (Fsp3) is 0.632. The van der Waals surface area contributed by atoms with Gasteiger partial charge in [0.05, 0.1) is 0 Å². The van der Waals surface area contributed by atoms with Crippen LogP contribution in [0.2, 0.25) is 0 Å². The number of hydrogen-bond donors (Lipinski definition) is 2. The number of aryl methyl sites for hydroxylation is 1. The highest BCUT2D eigenvalue weighted by Crippen LogP contribution is 2.17. The van der Waals surface area contributed by atoms with Crippen LogP contribution in [0.15, 0.2) is 24.3 Å². The van der Waals surface area contributed by atoms with Crippen LogP contribution in [-0.2, 0) is 4.79 Å². The smallest absolute Gasteiger partial charge is 0.221 e. The molecule has 0 aliphatic carbocycles. The number of amides is 1. The van der Waals surface area contributed by atoms with Gasteiger partial charge >= 0.3 is 0 Å². The summed E-state index contributed by atoms with van der Waals surface area (Å²) in [6.07, 6.45) is 1.72. The normalized spacial score (nSPS) is 14.3. The largest absolute Gasteiger partial charge is 0.369 e. The van der Waals surface area contributed by atoms with Gasteiger partial charge in [-0.1, -0.05) is 19.1 Å². The van der Waals surface area contributed by atoms with Gasteiger partial charge in [0.1, 0.15) is 0 Å². The number of nitrogens with one attached hydrogen (secondary N) is 2. The van der Waals surface area contributed by atoms with E-state index in [1.165, 1.54) is 11.3 Å². The molecule has 2 rings (SSSR count). The molecule has 0 bridgehead atoms. The number of nitrogens with zero attached hydrogens (tertiary/aromatic N) is 2. The van der Waals surface area contributed by atoms with E-state index in [2.05, 4.69) is 58.5 Å². The highest BCUT2D eigenvalue weighted by atomic mass is 35.5. The standard InChI is InChI=1S/C19H32N4O.2ClH/c1-3-8-20-9-10-21-19(24)7-11-22-12-14-23(15-13-22)18-6-4-5-17(2)16-18;;/h4-6,16,20H,3,7-15H2,1-2H3,(H,21,24);2*1H. The fourth-order valence-electron chi connectivity index (χ4n) is 2.99. The lowest BCUT2D eigenvalue weighted by Crippen LogP contribution is -2.47. The van der Waals surface area contributed by atoms with Crippen molar-refractivity contribution in [3.8, 4) is 0 Å². The maximum absolute atomic E-state index is 11.9. The molecule has 1 saturated heterocycles. The predicted octanol–water partition coefficient (Wildman–Crippen LogP) is 2.47. The second-order valence-corrected chi connectivity index (χ2v) is 6.52. The van der Waals surface area contributed by atoms with Crippen molar-refractivity contribution >= 4 is 36.4 Å². The minimum Gasteiger partial charge on any atom is -0.369 e. The molecule has 1 aliphatic rings. The van der Waals surface area contributed by atoms with Crippen LogP contribution in [0.3, 0.4) is 0 Å². The minimum absolute atomic E-state index is 0. The van der Waals surface area contributed by atoms with Gasteiger partial charge in [0.15, 0.2) is 0 Å². The summed E-state index contributed by atoms with van der Waals surface area (Å²) in [4.78, 5) is 16.7. The van der Waals surface area contributed by atoms with Crippen LogP contribution in [0, 0.1) is 6.92 Å². The van der Waals surface area contributed by atoms with Crippen LogP contribution in [0.25, 0.3) is 0 Å². The lowest BCUT2D eigenvalue weighted by atomic mass is 10.2. The van der Waals surface area contributed by atoms with Gasteiger partial charge in [-0.15, -0.1) is 24.8 Å². The number of benzene rings is 1. The van der Waals surface area contributed by atoms with E-state index < -0.39 is 0 Å². The molecule has 1 fully saturated rings. The number of halogens is 2. The second-order valence-electron chi connectivity index (χ2n) is 6.52. The topological polar surface area (TPSA) is 47.6 Å². The van der Waals surface area contributed by atoms with E-state index in [4.69, 9.17) is 0 Å². The summed E-state index contributed by atoms with van der Waals surface area (Å²) in [6, 6.07) is 8.69. The number of carbonyl (C=O) groups is 1. The Labute approximate surface area is 170 Å². The SMILES string of the molecule is CCCNCCNC(=O)CCN1CCN(c2cccc(C)c2)CC1.Cl.Cl. The Morgan fingerprint density at radius 2 is 1.81 bits per heavy atom. The summed E-state index contributed by atoms with van der Waals surface area (Å²) < 4.78 is 0. The van der Waals surface area contributed by atoms with E-state index in [1.54, 1.807) is 0 Å². The van der Waals surface area contributed by atoms with Crippen molar-refractivity contribution in [1.29, 1.82) is 0 Å². The third kappa shape index (κ3) is 9.08. The zero-order chi connectivity index (χ0) is 17.2. The van der Waals surface area contributed by atoms with E-state index >= 15 is 0 Å². The van der Waals surface area contributed by atoms with Crippen molar-refractivity contribution in [2.24, 2.45) is 0 Å². The van der Waals surface area contributed by atoms with Crippen molar-refractivity contribution in [2.75, 3.05) is 57.3 Å². The molecule has 1 aromatic rings. The lowest BCUT2D eigenvalue weighted by molar-refractivity contribution is -0.121. The molecule has 26 heavy (non-hydrogen) atoms. The quantitative estimate of drug-likeness (QED) is 0.620. The Morgan fingerprint density at radius 3 is 2.46 bits per heavy atom. The van der Waals surface area contributed by atoms with E-state index in [1.807, 2.05) is 0 Å². The first kappa shape index (κ1) is 25.0. The third-order valence-corrected chi connectivity index (χ3v) is 4.44. The van der Waals surface area contributed by atoms with Crippen LogP contribution in [-0.4, -0.2) is 63.2 Å². The molecule has 1 aliphatic heterocycles. The van der Waals surface area contributed by atoms with E-state index in [0.29, 0.717) is 6.42 Å². The molecule has 7 heteroatoms. The molecule has 5 nitrogen and oxygen atoms in total. The first-order valence-electron chi connectivity index (χ1n) is 9.20. The predicted molar refractivity (Wildman–Crippen MR) is 115 cm³/mol. The Morgan fingerprint density at radius 1 is 1.08 bits per heavy atom. The fourth-order valence-corrected chi connectivity index (χ4v) is 2.99. The molecule has 0 saturated carbocycles. The molecule has 0 unspecified atom stereocenters. The summed E-state index contributed by atoms with van der Waals surface area (Å²) in [5, 5.41) is 6.27. The molecule has 1 aromatic carbocycles. The zero-order valence-electron chi connectivity index (χ0n) is 16.0. The van der Waals surface area contributed by atoms with Crippen LogP contribution < -0.4 is 15.5 Å². The van der Waals surface area contributed by atoms with Crippen LogP contribution >= 0.6 is 24.8 Å². The van der Waals surface area contributed by atoms with E-state index in [0.717, 1.165) is 58.8 Å². The average Bonchev–Trinajstić information content (AvgIpc) is 2.60. The van der Waals surface area contributed by atoms with Gasteiger partial charge in [-0.2, -0.15) is 0 Å². The van der Waals surface area contributed by atoms with Gasteiger partial charge < -0.3 is 15.5 Å². The van der Waals surface area contributed by atoms with Gasteiger partial charge in [-0.25, -0.2) is 0 Å². The third-order valence-electron chi connectivity index (χ3n) is 4.44. The Bertz CT molecular complexity index is 508. The molecule has 0 aromatic heterocycles. The number of piperazine rings is 1. The maximum atomic E-state index is 11.9. The van der Waals surface area contributed by atoms with Gasteiger partial charge in [0, 0.05) is 57.9 Å². The first-order valence-corrected chi connectivity index (χ1v) is 9.20. The van der Waals surface area contributed by atoms with Crippen molar-refractivity contribution in [1.82, 2.24) is 15.5 Å². The highest BCUT2D eigenvalue weighted by molar-refractivity contribution is 5.85. The maximum Gasteiger partial charge on any atom is 0.221 e. The molecule has 0 radical (unpaired) electrons.